The lowest BCUT2D eigenvalue weighted by Gasteiger charge is -1.97. The number of rotatable bonds is 1. The molecule has 66 valence electrons. The number of hydrogen-bond donors (Lipinski definition) is 2. The van der Waals surface area contributed by atoms with Crippen molar-refractivity contribution >= 4 is 12.2 Å². The van der Waals surface area contributed by atoms with E-state index in [9.17, 15) is 0 Å². The van der Waals surface area contributed by atoms with Crippen molar-refractivity contribution in [3.8, 4) is 11.3 Å². The molecule has 1 aromatic carbocycles. The topological polar surface area (TPSA) is 31.6 Å². The van der Waals surface area contributed by atoms with Crippen molar-refractivity contribution in [1.29, 1.82) is 0 Å². The maximum absolute atomic E-state index is 4.95. The Morgan fingerprint density at radius 3 is 2.77 bits per heavy atom. The van der Waals surface area contributed by atoms with Gasteiger partial charge in [0.1, 0.15) is 0 Å². The van der Waals surface area contributed by atoms with E-state index in [0.717, 1.165) is 11.3 Å². The number of imidazole rings is 1. The highest BCUT2D eigenvalue weighted by Crippen LogP contribution is 2.16. The lowest BCUT2D eigenvalue weighted by atomic mass is 10.1. The summed E-state index contributed by atoms with van der Waals surface area (Å²) < 4.78 is 0.663. The molecular weight excluding hydrogens is 180 g/mol. The Morgan fingerprint density at radius 2 is 2.15 bits per heavy atom. The predicted octanol–water partition coefficient (Wildman–Crippen LogP) is 3.05. The highest BCUT2D eigenvalue weighted by Gasteiger charge is 1.97. The molecule has 1 aromatic heterocycles. The van der Waals surface area contributed by atoms with Crippen molar-refractivity contribution in [1.82, 2.24) is 9.97 Å². The Labute approximate surface area is 81.6 Å². The zero-order chi connectivity index (χ0) is 9.26. The van der Waals surface area contributed by atoms with Gasteiger partial charge < -0.3 is 9.97 Å². The van der Waals surface area contributed by atoms with E-state index in [2.05, 4.69) is 35.1 Å². The molecule has 3 heteroatoms. The fraction of sp³-hybridized carbons (Fsp3) is 0.100. The van der Waals surface area contributed by atoms with Gasteiger partial charge in [-0.3, -0.25) is 0 Å². The minimum atomic E-state index is 0.663. The molecule has 2 nitrogen and oxygen atoms in total. The number of aromatic nitrogens is 2. The van der Waals surface area contributed by atoms with Gasteiger partial charge in [-0.15, -0.1) is 0 Å². The molecule has 0 atom stereocenters. The second-order valence-corrected chi connectivity index (χ2v) is 3.43. The minimum absolute atomic E-state index is 0.663. The van der Waals surface area contributed by atoms with Crippen LogP contribution in [0.4, 0.5) is 0 Å². The maximum Gasteiger partial charge on any atom is 0.174 e. The fourth-order valence-electron chi connectivity index (χ4n) is 1.30. The van der Waals surface area contributed by atoms with Crippen LogP contribution in [0.3, 0.4) is 0 Å². The third-order valence-electron chi connectivity index (χ3n) is 1.92. The number of H-pyrrole nitrogens is 2. The molecule has 0 saturated carbocycles. The van der Waals surface area contributed by atoms with Crippen LogP contribution < -0.4 is 0 Å². The van der Waals surface area contributed by atoms with E-state index in [1.165, 1.54) is 5.56 Å². The largest absolute Gasteiger partial charge is 0.337 e. The molecule has 0 fully saturated rings. The summed E-state index contributed by atoms with van der Waals surface area (Å²) in [5, 5.41) is 0. The van der Waals surface area contributed by atoms with Crippen LogP contribution >= 0.6 is 12.2 Å². The summed E-state index contributed by atoms with van der Waals surface area (Å²) >= 11 is 4.95. The molecule has 0 radical (unpaired) electrons. The molecule has 0 saturated heterocycles. The minimum Gasteiger partial charge on any atom is -0.337 e. The standard InChI is InChI=1S/C10H10N2S/c1-7-3-2-4-8(5-7)9-6-11-10(13)12-9/h2-6H,1H3,(H2,11,12,13). The average molecular weight is 190 g/mol. The van der Waals surface area contributed by atoms with Crippen LogP contribution in [0.1, 0.15) is 5.56 Å². The van der Waals surface area contributed by atoms with Crippen molar-refractivity contribution in [2.75, 3.05) is 0 Å². The smallest absolute Gasteiger partial charge is 0.174 e. The Bertz CT molecular complexity index is 468. The van der Waals surface area contributed by atoms with Gasteiger partial charge in [0.05, 0.1) is 5.69 Å². The quantitative estimate of drug-likeness (QED) is 0.665. The van der Waals surface area contributed by atoms with Crippen molar-refractivity contribution in [3.05, 3.63) is 40.8 Å². The summed E-state index contributed by atoms with van der Waals surface area (Å²) in [5.74, 6) is 0. The molecule has 0 aliphatic rings. The third-order valence-corrected chi connectivity index (χ3v) is 2.14. The summed E-state index contributed by atoms with van der Waals surface area (Å²) in [4.78, 5) is 6.02. The molecule has 1 heterocycles. The van der Waals surface area contributed by atoms with Crippen LogP contribution in [-0.2, 0) is 0 Å². The van der Waals surface area contributed by atoms with Gasteiger partial charge in [0.2, 0.25) is 0 Å². The summed E-state index contributed by atoms with van der Waals surface area (Å²) in [6.45, 7) is 2.07. The van der Waals surface area contributed by atoms with E-state index in [1.807, 2.05) is 12.3 Å². The normalized spacial score (nSPS) is 10.2. The third kappa shape index (κ3) is 1.70. The van der Waals surface area contributed by atoms with Crippen LogP contribution in [0.25, 0.3) is 11.3 Å². The highest BCUT2D eigenvalue weighted by molar-refractivity contribution is 7.71. The molecule has 0 amide bonds. The van der Waals surface area contributed by atoms with Crippen LogP contribution in [0.5, 0.6) is 0 Å². The zero-order valence-corrected chi connectivity index (χ0v) is 8.11. The van der Waals surface area contributed by atoms with Crippen molar-refractivity contribution < 1.29 is 0 Å². The number of aryl methyl sites for hydroxylation is 1. The Hall–Kier alpha value is -1.35. The monoisotopic (exact) mass is 190 g/mol. The molecule has 0 aliphatic heterocycles. The van der Waals surface area contributed by atoms with Gasteiger partial charge in [-0.1, -0.05) is 23.8 Å². The Balaban J connectivity index is 2.52. The molecule has 2 rings (SSSR count). The molecule has 13 heavy (non-hydrogen) atoms. The van der Waals surface area contributed by atoms with Gasteiger partial charge >= 0.3 is 0 Å². The first-order valence-electron chi connectivity index (χ1n) is 4.10. The second kappa shape index (κ2) is 3.18. The lowest BCUT2D eigenvalue weighted by molar-refractivity contribution is 1.27. The van der Waals surface area contributed by atoms with Crippen LogP contribution in [0, 0.1) is 11.7 Å². The lowest BCUT2D eigenvalue weighted by Crippen LogP contribution is -1.78. The summed E-state index contributed by atoms with van der Waals surface area (Å²) in [7, 11) is 0. The van der Waals surface area contributed by atoms with E-state index in [1.54, 1.807) is 0 Å². The van der Waals surface area contributed by atoms with Crippen molar-refractivity contribution in [2.24, 2.45) is 0 Å². The molecule has 0 aliphatic carbocycles. The average Bonchev–Trinajstić information content (AvgIpc) is 2.52. The van der Waals surface area contributed by atoms with Crippen LogP contribution in [0.15, 0.2) is 30.5 Å². The van der Waals surface area contributed by atoms with E-state index < -0.39 is 0 Å². The van der Waals surface area contributed by atoms with Gasteiger partial charge in [-0.2, -0.15) is 0 Å². The molecule has 2 N–H and O–H groups in total. The molecule has 0 unspecified atom stereocenters. The van der Waals surface area contributed by atoms with Crippen LogP contribution in [-0.4, -0.2) is 9.97 Å². The number of aromatic amines is 2. The summed E-state index contributed by atoms with van der Waals surface area (Å²) in [6, 6.07) is 8.29. The number of hydrogen-bond acceptors (Lipinski definition) is 1. The first-order valence-corrected chi connectivity index (χ1v) is 4.51. The van der Waals surface area contributed by atoms with Gasteiger partial charge in [0, 0.05) is 6.20 Å². The summed E-state index contributed by atoms with van der Waals surface area (Å²) in [5.41, 5.74) is 3.44. The molecule has 0 spiro atoms. The molecule has 0 bridgehead atoms. The van der Waals surface area contributed by atoms with E-state index in [-0.39, 0.29) is 0 Å². The van der Waals surface area contributed by atoms with Crippen molar-refractivity contribution in [2.45, 2.75) is 6.92 Å². The van der Waals surface area contributed by atoms with E-state index in [4.69, 9.17) is 12.2 Å². The van der Waals surface area contributed by atoms with Gasteiger partial charge in [0.25, 0.3) is 0 Å². The van der Waals surface area contributed by atoms with Gasteiger partial charge in [-0.05, 0) is 30.8 Å². The first-order chi connectivity index (χ1) is 6.25. The van der Waals surface area contributed by atoms with Crippen LogP contribution in [0.2, 0.25) is 0 Å². The first kappa shape index (κ1) is 8.26. The predicted molar refractivity (Wildman–Crippen MR) is 56.2 cm³/mol. The fourth-order valence-corrected chi connectivity index (χ4v) is 1.47. The summed E-state index contributed by atoms with van der Waals surface area (Å²) in [6.07, 6.45) is 1.89. The van der Waals surface area contributed by atoms with Gasteiger partial charge in [0.15, 0.2) is 4.77 Å². The number of nitrogens with one attached hydrogen (secondary N) is 2. The highest BCUT2D eigenvalue weighted by atomic mass is 32.1. The molecule has 2 aromatic rings. The zero-order valence-electron chi connectivity index (χ0n) is 7.29. The van der Waals surface area contributed by atoms with Gasteiger partial charge in [-0.25, -0.2) is 0 Å². The Kier molecular flexibility index (Phi) is 2.02. The maximum atomic E-state index is 4.95. The number of benzene rings is 1. The molecular formula is C10H10N2S. The van der Waals surface area contributed by atoms with Crippen molar-refractivity contribution in [3.63, 3.8) is 0 Å². The SMILES string of the molecule is Cc1cccc(-c2c[nH]c(=S)[nH]2)c1. The van der Waals surface area contributed by atoms with E-state index >= 15 is 0 Å². The Morgan fingerprint density at radius 1 is 1.31 bits per heavy atom. The van der Waals surface area contributed by atoms with E-state index in [0.29, 0.717) is 4.77 Å². The second-order valence-electron chi connectivity index (χ2n) is 3.03.